The fraction of sp³-hybridized carbons (Fsp3) is 0.0556. The number of carboxylic acid groups (broad SMARTS) is 1. The smallest absolute Gasteiger partial charge is 0.307 e. The summed E-state index contributed by atoms with van der Waals surface area (Å²) in [7, 11) is 0. The minimum absolute atomic E-state index is 0.183. The Balaban J connectivity index is 2.04. The molecule has 0 saturated heterocycles. The van der Waals surface area contributed by atoms with Crippen LogP contribution in [0.25, 0.3) is 10.4 Å². The zero-order valence-corrected chi connectivity index (χ0v) is 13.2. The minimum Gasteiger partial charge on any atom is -0.481 e. The van der Waals surface area contributed by atoms with E-state index in [-0.39, 0.29) is 18.0 Å². The molecule has 2 aromatic heterocycles. The number of thiophene rings is 1. The first-order chi connectivity index (χ1) is 11.6. The van der Waals surface area contributed by atoms with Crippen molar-refractivity contribution in [3.63, 3.8) is 0 Å². The molecule has 3 rings (SSSR count). The number of ketones is 1. The summed E-state index contributed by atoms with van der Waals surface area (Å²) in [6.07, 6.45) is 1.23. The lowest BCUT2D eigenvalue weighted by Gasteiger charge is -2.01. The van der Waals surface area contributed by atoms with E-state index in [0.717, 1.165) is 5.56 Å². The van der Waals surface area contributed by atoms with E-state index in [1.807, 2.05) is 6.07 Å². The third-order valence-electron chi connectivity index (χ3n) is 3.40. The van der Waals surface area contributed by atoms with E-state index in [0.29, 0.717) is 20.9 Å². The number of hydrogen-bond acceptors (Lipinski definition) is 5. The molecule has 0 radical (unpaired) electrons. The van der Waals surface area contributed by atoms with Crippen LogP contribution in [0.2, 0.25) is 0 Å². The molecule has 1 N–H and O–H groups in total. The molecule has 0 fully saturated rings. The first kappa shape index (κ1) is 15.7. The molecule has 5 nitrogen and oxygen atoms in total. The van der Waals surface area contributed by atoms with Crippen LogP contribution in [0.1, 0.15) is 26.6 Å². The zero-order chi connectivity index (χ0) is 17.1. The van der Waals surface area contributed by atoms with Gasteiger partial charge in [-0.05, 0) is 41.5 Å². The average molecular weight is 337 g/mol. The largest absolute Gasteiger partial charge is 0.481 e. The molecule has 0 unspecified atom stereocenters. The number of hydrogen-bond donors (Lipinski definition) is 1. The summed E-state index contributed by atoms with van der Waals surface area (Å²) in [5.74, 6) is -1.04. The van der Waals surface area contributed by atoms with Crippen molar-refractivity contribution in [2.45, 2.75) is 6.42 Å². The van der Waals surface area contributed by atoms with E-state index in [2.05, 4.69) is 0 Å². The second-order valence-electron chi connectivity index (χ2n) is 5.03. The lowest BCUT2D eigenvalue weighted by Crippen LogP contribution is -2.00. The molecular weight excluding hydrogens is 326 g/mol. The van der Waals surface area contributed by atoms with E-state index < -0.39 is 5.97 Å². The number of carbonyl (C=O) groups is 2. The second kappa shape index (κ2) is 6.52. The highest BCUT2D eigenvalue weighted by atomic mass is 32.1. The van der Waals surface area contributed by atoms with Crippen LogP contribution < -0.4 is 0 Å². The van der Waals surface area contributed by atoms with Crippen LogP contribution in [0.4, 0.5) is 0 Å². The Kier molecular flexibility index (Phi) is 4.27. The molecule has 0 aliphatic carbocycles. The molecule has 6 heteroatoms. The van der Waals surface area contributed by atoms with Crippen LogP contribution in [0.15, 0.2) is 53.1 Å². The minimum atomic E-state index is -0.973. The van der Waals surface area contributed by atoms with E-state index in [4.69, 9.17) is 14.8 Å². The SMILES string of the molecule is N#Cc1ccc(-c2sc(C(=O)c3ccco3)cc2CC(=O)O)cc1. The number of nitriles is 1. The predicted molar refractivity (Wildman–Crippen MR) is 88.0 cm³/mol. The van der Waals surface area contributed by atoms with E-state index in [9.17, 15) is 9.59 Å². The van der Waals surface area contributed by atoms with Crippen molar-refractivity contribution in [3.8, 4) is 16.5 Å². The predicted octanol–water partition coefficient (Wildman–Crippen LogP) is 3.74. The van der Waals surface area contributed by atoms with Gasteiger partial charge in [0.2, 0.25) is 5.78 Å². The standard InChI is InChI=1S/C18H11NO4S/c19-10-11-3-5-12(6-4-11)18-13(9-16(20)21)8-15(24-18)17(22)14-2-1-7-23-14/h1-8H,9H2,(H,20,21). The van der Waals surface area contributed by atoms with E-state index in [1.54, 1.807) is 42.5 Å². The Bertz CT molecular complexity index is 931. The van der Waals surface area contributed by atoms with E-state index in [1.165, 1.54) is 17.6 Å². The molecule has 118 valence electrons. The summed E-state index contributed by atoms with van der Waals surface area (Å²) >= 11 is 1.22. The molecule has 3 aromatic rings. The van der Waals surface area contributed by atoms with Gasteiger partial charge in [0.15, 0.2) is 5.76 Å². The van der Waals surface area contributed by atoms with Crippen molar-refractivity contribution in [2.24, 2.45) is 0 Å². The molecular formula is C18H11NO4S. The Morgan fingerprint density at radius 1 is 1.21 bits per heavy atom. The maximum absolute atomic E-state index is 12.4. The number of furan rings is 1. The van der Waals surface area contributed by atoms with Crippen molar-refractivity contribution >= 4 is 23.1 Å². The maximum Gasteiger partial charge on any atom is 0.307 e. The zero-order valence-electron chi connectivity index (χ0n) is 12.4. The molecule has 0 aliphatic heterocycles. The van der Waals surface area contributed by atoms with Gasteiger partial charge in [0.1, 0.15) is 0 Å². The summed E-state index contributed by atoms with van der Waals surface area (Å²) in [6.45, 7) is 0. The third-order valence-corrected chi connectivity index (χ3v) is 4.62. The van der Waals surface area contributed by atoms with Gasteiger partial charge in [-0.25, -0.2) is 0 Å². The highest BCUT2D eigenvalue weighted by molar-refractivity contribution is 7.17. The van der Waals surface area contributed by atoms with Gasteiger partial charge >= 0.3 is 5.97 Å². The maximum atomic E-state index is 12.4. The monoisotopic (exact) mass is 337 g/mol. The lowest BCUT2D eigenvalue weighted by atomic mass is 10.1. The number of aliphatic carboxylic acids is 1. The van der Waals surface area contributed by atoms with Gasteiger partial charge in [-0.15, -0.1) is 11.3 Å². The number of rotatable bonds is 5. The van der Waals surface area contributed by atoms with Crippen molar-refractivity contribution < 1.29 is 19.1 Å². The summed E-state index contributed by atoms with van der Waals surface area (Å²) in [5, 5.41) is 18.0. The average Bonchev–Trinajstić information content (AvgIpc) is 3.24. The van der Waals surface area contributed by atoms with Crippen LogP contribution in [0.5, 0.6) is 0 Å². The quantitative estimate of drug-likeness (QED) is 0.716. The first-order valence-electron chi connectivity index (χ1n) is 7.01. The van der Waals surface area contributed by atoms with Crippen molar-refractivity contribution in [1.29, 1.82) is 5.26 Å². The number of carbonyl (C=O) groups excluding carboxylic acids is 1. The van der Waals surface area contributed by atoms with Gasteiger partial charge in [-0.1, -0.05) is 12.1 Å². The summed E-state index contributed by atoms with van der Waals surface area (Å²) in [5.41, 5.74) is 1.85. The van der Waals surface area contributed by atoms with Crippen LogP contribution >= 0.6 is 11.3 Å². The molecule has 0 aliphatic rings. The van der Waals surface area contributed by atoms with Crippen LogP contribution in [-0.4, -0.2) is 16.9 Å². The summed E-state index contributed by atoms with van der Waals surface area (Å²) < 4.78 is 5.12. The number of carboxylic acids is 1. The van der Waals surface area contributed by atoms with Crippen LogP contribution in [0, 0.1) is 11.3 Å². The second-order valence-corrected chi connectivity index (χ2v) is 6.08. The van der Waals surface area contributed by atoms with E-state index >= 15 is 0 Å². The Morgan fingerprint density at radius 2 is 1.96 bits per heavy atom. The van der Waals surface area contributed by atoms with Crippen molar-refractivity contribution in [2.75, 3.05) is 0 Å². The highest BCUT2D eigenvalue weighted by Crippen LogP contribution is 2.34. The van der Waals surface area contributed by atoms with Gasteiger partial charge in [-0.2, -0.15) is 5.26 Å². The molecule has 0 amide bonds. The number of benzene rings is 1. The van der Waals surface area contributed by atoms with Crippen LogP contribution in [0.3, 0.4) is 0 Å². The Labute approximate surface area is 141 Å². The summed E-state index contributed by atoms with van der Waals surface area (Å²) in [4.78, 5) is 24.7. The fourth-order valence-corrected chi connectivity index (χ4v) is 3.44. The van der Waals surface area contributed by atoms with Gasteiger partial charge < -0.3 is 9.52 Å². The molecule has 0 atom stereocenters. The van der Waals surface area contributed by atoms with Crippen LogP contribution in [-0.2, 0) is 11.2 Å². The lowest BCUT2D eigenvalue weighted by molar-refractivity contribution is -0.136. The molecule has 1 aromatic carbocycles. The molecule has 2 heterocycles. The molecule has 0 bridgehead atoms. The van der Waals surface area contributed by atoms with Crippen molar-refractivity contribution in [3.05, 3.63) is 70.5 Å². The summed E-state index contributed by atoms with van der Waals surface area (Å²) in [6, 6.07) is 13.6. The molecule has 0 saturated carbocycles. The number of nitrogens with zero attached hydrogens (tertiary/aromatic N) is 1. The first-order valence-corrected chi connectivity index (χ1v) is 7.83. The Hall–Kier alpha value is -3.17. The topological polar surface area (TPSA) is 91.3 Å². The fourth-order valence-electron chi connectivity index (χ4n) is 2.30. The molecule has 0 spiro atoms. The normalized spacial score (nSPS) is 10.3. The third kappa shape index (κ3) is 3.12. The van der Waals surface area contributed by atoms with Gasteiger partial charge in [0.05, 0.1) is 29.2 Å². The van der Waals surface area contributed by atoms with Gasteiger partial charge in [0.25, 0.3) is 0 Å². The Morgan fingerprint density at radius 3 is 2.54 bits per heavy atom. The molecule has 24 heavy (non-hydrogen) atoms. The van der Waals surface area contributed by atoms with Gasteiger partial charge in [0, 0.05) is 4.88 Å². The van der Waals surface area contributed by atoms with Gasteiger partial charge in [-0.3, -0.25) is 9.59 Å². The highest BCUT2D eigenvalue weighted by Gasteiger charge is 2.20. The van der Waals surface area contributed by atoms with Crippen molar-refractivity contribution in [1.82, 2.24) is 0 Å².